The molecule has 2 aliphatic rings. The predicted octanol–water partition coefficient (Wildman–Crippen LogP) is 3.60. The first-order valence-corrected chi connectivity index (χ1v) is 12.6. The first-order valence-electron chi connectivity index (χ1n) is 12.6. The Morgan fingerprint density at radius 3 is 2.68 bits per heavy atom. The molecule has 2 aromatic rings. The molecule has 2 fully saturated rings. The Kier molecular flexibility index (Phi) is 8.33. The normalized spacial score (nSPS) is 16.1. The van der Waals surface area contributed by atoms with Gasteiger partial charge in [-0.05, 0) is 38.2 Å². The first kappa shape index (κ1) is 24.0. The molecule has 0 unspecified atom stereocenters. The molecule has 1 aliphatic heterocycles. The van der Waals surface area contributed by atoms with Gasteiger partial charge in [0.2, 0.25) is 11.9 Å². The van der Waals surface area contributed by atoms with Crippen molar-refractivity contribution in [1.29, 1.82) is 0 Å². The maximum Gasteiger partial charge on any atom is 0.256 e. The summed E-state index contributed by atoms with van der Waals surface area (Å²) in [5.41, 5.74) is 1.67. The fourth-order valence-electron chi connectivity index (χ4n) is 4.70. The summed E-state index contributed by atoms with van der Waals surface area (Å²) in [4.78, 5) is 38.2. The van der Waals surface area contributed by atoms with Crippen molar-refractivity contribution >= 4 is 23.6 Å². The van der Waals surface area contributed by atoms with E-state index in [4.69, 9.17) is 4.98 Å². The number of amides is 2. The molecule has 8 heteroatoms. The van der Waals surface area contributed by atoms with Gasteiger partial charge in [0, 0.05) is 51.4 Å². The Morgan fingerprint density at radius 2 is 1.97 bits per heavy atom. The highest BCUT2D eigenvalue weighted by Gasteiger charge is 2.22. The molecule has 2 heterocycles. The number of nitrogens with zero attached hydrogens (tertiary/aromatic N) is 4. The molecular formula is C26H36N6O2. The summed E-state index contributed by atoms with van der Waals surface area (Å²) < 4.78 is 0. The number of hydrogen-bond acceptors (Lipinski definition) is 6. The number of anilines is 2. The van der Waals surface area contributed by atoms with E-state index in [-0.39, 0.29) is 11.8 Å². The van der Waals surface area contributed by atoms with Gasteiger partial charge < -0.3 is 20.4 Å². The van der Waals surface area contributed by atoms with Crippen LogP contribution >= 0.6 is 0 Å². The Morgan fingerprint density at radius 1 is 1.18 bits per heavy atom. The van der Waals surface area contributed by atoms with E-state index in [2.05, 4.69) is 39.6 Å². The SMILES string of the molecule is CCN(Cc1ccccc1)c1ncc(C(=O)NCCCN2CCCC2=O)c(NC2CCCC2)n1. The molecule has 182 valence electrons. The van der Waals surface area contributed by atoms with Crippen LogP contribution in [0.15, 0.2) is 36.5 Å². The van der Waals surface area contributed by atoms with Crippen molar-refractivity contribution < 1.29 is 9.59 Å². The quantitative estimate of drug-likeness (QED) is 0.494. The second-order valence-electron chi connectivity index (χ2n) is 9.15. The van der Waals surface area contributed by atoms with E-state index in [0.717, 1.165) is 38.8 Å². The van der Waals surface area contributed by atoms with E-state index in [9.17, 15) is 9.59 Å². The van der Waals surface area contributed by atoms with E-state index in [1.165, 1.54) is 18.4 Å². The summed E-state index contributed by atoms with van der Waals surface area (Å²) in [6.07, 6.45) is 8.53. The van der Waals surface area contributed by atoms with Crippen LogP contribution in [0.4, 0.5) is 11.8 Å². The lowest BCUT2D eigenvalue weighted by Gasteiger charge is -2.23. The number of likely N-dealkylation sites (tertiary alicyclic amines) is 1. The highest BCUT2D eigenvalue weighted by Crippen LogP contribution is 2.25. The molecule has 34 heavy (non-hydrogen) atoms. The van der Waals surface area contributed by atoms with Gasteiger partial charge in [0.15, 0.2) is 0 Å². The number of aromatic nitrogens is 2. The van der Waals surface area contributed by atoms with Crippen molar-refractivity contribution in [3.05, 3.63) is 47.7 Å². The van der Waals surface area contributed by atoms with Gasteiger partial charge in [0.1, 0.15) is 11.4 Å². The van der Waals surface area contributed by atoms with E-state index >= 15 is 0 Å². The zero-order valence-corrected chi connectivity index (χ0v) is 20.1. The molecule has 8 nitrogen and oxygen atoms in total. The fraction of sp³-hybridized carbons (Fsp3) is 0.538. The van der Waals surface area contributed by atoms with Crippen molar-refractivity contribution in [2.75, 3.05) is 36.4 Å². The maximum atomic E-state index is 13.0. The standard InChI is InChI=1S/C26H36N6O2/c1-2-31(19-20-10-4-3-5-11-20)26-28-18-22(24(30-26)29-21-12-6-7-13-21)25(34)27-15-9-17-32-16-8-14-23(32)33/h3-5,10-11,18,21H,2,6-9,12-17,19H2,1H3,(H,27,34)(H,28,29,30). The zero-order chi connectivity index (χ0) is 23.8. The molecule has 0 atom stereocenters. The molecular weight excluding hydrogens is 428 g/mol. The van der Waals surface area contributed by atoms with Crippen LogP contribution in [0.2, 0.25) is 0 Å². The van der Waals surface area contributed by atoms with Crippen molar-refractivity contribution in [2.24, 2.45) is 0 Å². The lowest BCUT2D eigenvalue weighted by atomic mass is 10.2. The molecule has 2 N–H and O–H groups in total. The van der Waals surface area contributed by atoms with Gasteiger partial charge >= 0.3 is 0 Å². The number of rotatable bonds is 11. The van der Waals surface area contributed by atoms with Gasteiger partial charge in [-0.15, -0.1) is 0 Å². The molecule has 0 bridgehead atoms. The van der Waals surface area contributed by atoms with Crippen LogP contribution in [-0.2, 0) is 11.3 Å². The van der Waals surface area contributed by atoms with Gasteiger partial charge in [-0.1, -0.05) is 43.2 Å². The number of carbonyl (C=O) groups is 2. The molecule has 0 spiro atoms. The lowest BCUT2D eigenvalue weighted by Crippen LogP contribution is -2.32. The summed E-state index contributed by atoms with van der Waals surface area (Å²) in [6, 6.07) is 10.6. The van der Waals surface area contributed by atoms with Gasteiger partial charge in [-0.3, -0.25) is 9.59 Å². The average molecular weight is 465 g/mol. The van der Waals surface area contributed by atoms with Crippen LogP contribution in [0.3, 0.4) is 0 Å². The molecule has 4 rings (SSSR count). The lowest BCUT2D eigenvalue weighted by molar-refractivity contribution is -0.127. The van der Waals surface area contributed by atoms with Crippen molar-refractivity contribution in [3.63, 3.8) is 0 Å². The molecule has 1 aliphatic carbocycles. The van der Waals surface area contributed by atoms with E-state index in [0.29, 0.717) is 49.4 Å². The summed E-state index contributed by atoms with van der Waals surface area (Å²) >= 11 is 0. The Balaban J connectivity index is 1.44. The first-order chi connectivity index (χ1) is 16.6. The minimum Gasteiger partial charge on any atom is -0.367 e. The van der Waals surface area contributed by atoms with Gasteiger partial charge in [0.05, 0.1) is 0 Å². The maximum absolute atomic E-state index is 13.0. The molecule has 2 amide bonds. The Hall–Kier alpha value is -3.16. The second-order valence-corrected chi connectivity index (χ2v) is 9.15. The zero-order valence-electron chi connectivity index (χ0n) is 20.1. The average Bonchev–Trinajstić information content (AvgIpc) is 3.52. The van der Waals surface area contributed by atoms with E-state index < -0.39 is 0 Å². The molecule has 1 saturated carbocycles. The Bertz CT molecular complexity index is 961. The van der Waals surface area contributed by atoms with Crippen LogP contribution in [-0.4, -0.2) is 58.9 Å². The van der Waals surface area contributed by atoms with Gasteiger partial charge in [-0.25, -0.2) is 4.98 Å². The van der Waals surface area contributed by atoms with Crippen LogP contribution in [0.1, 0.15) is 67.8 Å². The predicted molar refractivity (Wildman–Crippen MR) is 134 cm³/mol. The van der Waals surface area contributed by atoms with Crippen LogP contribution < -0.4 is 15.5 Å². The number of nitrogens with one attached hydrogen (secondary N) is 2. The molecule has 0 radical (unpaired) electrons. The third-order valence-electron chi connectivity index (χ3n) is 6.66. The smallest absolute Gasteiger partial charge is 0.256 e. The summed E-state index contributed by atoms with van der Waals surface area (Å²) in [5.74, 6) is 1.27. The van der Waals surface area contributed by atoms with Gasteiger partial charge in [0.25, 0.3) is 5.91 Å². The van der Waals surface area contributed by atoms with E-state index in [1.807, 2.05) is 23.1 Å². The van der Waals surface area contributed by atoms with Gasteiger partial charge in [-0.2, -0.15) is 4.98 Å². The van der Waals surface area contributed by atoms with E-state index in [1.54, 1.807) is 6.20 Å². The number of benzene rings is 1. The molecule has 1 aromatic heterocycles. The fourth-order valence-corrected chi connectivity index (χ4v) is 4.70. The second kappa shape index (κ2) is 11.8. The third kappa shape index (κ3) is 6.24. The highest BCUT2D eigenvalue weighted by molar-refractivity contribution is 5.98. The van der Waals surface area contributed by atoms with Crippen molar-refractivity contribution in [3.8, 4) is 0 Å². The number of carbonyl (C=O) groups excluding carboxylic acids is 2. The summed E-state index contributed by atoms with van der Waals surface area (Å²) in [7, 11) is 0. The van der Waals surface area contributed by atoms with Crippen LogP contribution in [0, 0.1) is 0 Å². The topological polar surface area (TPSA) is 90.5 Å². The van der Waals surface area contributed by atoms with Crippen molar-refractivity contribution in [2.45, 2.75) is 64.5 Å². The summed E-state index contributed by atoms with van der Waals surface area (Å²) in [6.45, 7) is 5.59. The largest absolute Gasteiger partial charge is 0.367 e. The monoisotopic (exact) mass is 464 g/mol. The minimum atomic E-state index is -0.175. The Labute approximate surface area is 202 Å². The van der Waals surface area contributed by atoms with Crippen molar-refractivity contribution in [1.82, 2.24) is 20.2 Å². The minimum absolute atomic E-state index is 0.175. The number of hydrogen-bond donors (Lipinski definition) is 2. The third-order valence-corrected chi connectivity index (χ3v) is 6.66. The highest BCUT2D eigenvalue weighted by atomic mass is 16.2. The molecule has 1 saturated heterocycles. The van der Waals surface area contributed by atoms with Crippen LogP contribution in [0.5, 0.6) is 0 Å². The molecule has 1 aromatic carbocycles. The summed E-state index contributed by atoms with van der Waals surface area (Å²) in [5, 5.41) is 6.52. The van der Waals surface area contributed by atoms with Crippen LogP contribution in [0.25, 0.3) is 0 Å².